The maximum absolute atomic E-state index is 12.3. The van der Waals surface area contributed by atoms with Crippen molar-refractivity contribution in [2.75, 3.05) is 13.2 Å². The Morgan fingerprint density at radius 2 is 1.74 bits per heavy atom. The molecule has 0 saturated heterocycles. The number of hydrogen-bond donors (Lipinski definition) is 2. The zero-order valence-corrected chi connectivity index (χ0v) is 18.8. The van der Waals surface area contributed by atoms with Gasteiger partial charge in [0.15, 0.2) is 18.1 Å². The number of carbonyl (C=O) groups excluding carboxylic acids is 2. The average Bonchev–Trinajstić information content (AvgIpc) is 3.21. The topological polar surface area (TPSA) is 89.5 Å². The maximum atomic E-state index is 12.3. The van der Waals surface area contributed by atoms with Gasteiger partial charge in [-0.3, -0.25) is 20.4 Å². The molecule has 0 aliphatic rings. The molecular weight excluding hydrogens is 434 g/mol. The van der Waals surface area contributed by atoms with Crippen molar-refractivity contribution in [2.24, 2.45) is 0 Å². The van der Waals surface area contributed by atoms with E-state index in [0.717, 1.165) is 21.3 Å². The highest BCUT2D eigenvalue weighted by Gasteiger charge is 2.10. The van der Waals surface area contributed by atoms with Crippen LogP contribution in [0.2, 0.25) is 0 Å². The van der Waals surface area contributed by atoms with Crippen LogP contribution < -0.4 is 20.3 Å². The van der Waals surface area contributed by atoms with Gasteiger partial charge in [-0.2, -0.15) is 0 Å². The average molecular weight is 458 g/mol. The summed E-state index contributed by atoms with van der Waals surface area (Å²) >= 11 is 3.28. The van der Waals surface area contributed by atoms with Crippen molar-refractivity contribution in [3.63, 3.8) is 0 Å². The molecule has 0 radical (unpaired) electrons. The zero-order valence-electron chi connectivity index (χ0n) is 17.2. The first-order valence-corrected chi connectivity index (χ1v) is 11.5. The monoisotopic (exact) mass is 457 g/mol. The summed E-state index contributed by atoms with van der Waals surface area (Å²) in [7, 11) is 0. The summed E-state index contributed by atoms with van der Waals surface area (Å²) in [5.74, 6) is 0.910. The number of benzene rings is 2. The van der Waals surface area contributed by atoms with Crippen LogP contribution in [0.25, 0.3) is 0 Å². The zero-order chi connectivity index (χ0) is 22.1. The van der Waals surface area contributed by atoms with Crippen LogP contribution in [-0.2, 0) is 10.5 Å². The SMILES string of the molecule is CCOc1ccccc1OCC(=O)NNC(=O)c1ccc(CSc2nc(C)cs2)cc1. The van der Waals surface area contributed by atoms with E-state index in [1.807, 2.05) is 37.4 Å². The molecule has 1 aromatic heterocycles. The maximum Gasteiger partial charge on any atom is 0.276 e. The number of nitrogens with zero attached hydrogens (tertiary/aromatic N) is 1. The Bertz CT molecular complexity index is 1020. The van der Waals surface area contributed by atoms with Gasteiger partial charge in [-0.25, -0.2) is 4.98 Å². The van der Waals surface area contributed by atoms with Crippen molar-refractivity contribution in [3.05, 3.63) is 70.7 Å². The predicted molar refractivity (Wildman–Crippen MR) is 122 cm³/mol. The summed E-state index contributed by atoms with van der Waals surface area (Å²) in [4.78, 5) is 28.7. The first-order chi connectivity index (χ1) is 15.0. The molecule has 0 unspecified atom stereocenters. The van der Waals surface area contributed by atoms with Crippen LogP contribution in [0.4, 0.5) is 0 Å². The molecule has 2 N–H and O–H groups in total. The Balaban J connectivity index is 1.43. The van der Waals surface area contributed by atoms with Crippen LogP contribution in [-0.4, -0.2) is 30.0 Å². The van der Waals surface area contributed by atoms with Gasteiger partial charge in [-0.1, -0.05) is 36.0 Å². The van der Waals surface area contributed by atoms with Crippen molar-refractivity contribution in [1.82, 2.24) is 15.8 Å². The molecule has 3 aromatic rings. The number of aryl methyl sites for hydroxylation is 1. The largest absolute Gasteiger partial charge is 0.490 e. The highest BCUT2D eigenvalue weighted by molar-refractivity contribution is 8.00. The second-order valence-corrected chi connectivity index (χ2v) is 8.49. The van der Waals surface area contributed by atoms with E-state index in [0.29, 0.717) is 23.7 Å². The minimum Gasteiger partial charge on any atom is -0.490 e. The summed E-state index contributed by atoms with van der Waals surface area (Å²) in [5.41, 5.74) is 7.29. The van der Waals surface area contributed by atoms with Crippen LogP contribution >= 0.6 is 23.1 Å². The highest BCUT2D eigenvalue weighted by atomic mass is 32.2. The smallest absolute Gasteiger partial charge is 0.276 e. The van der Waals surface area contributed by atoms with Gasteiger partial charge >= 0.3 is 0 Å². The van der Waals surface area contributed by atoms with E-state index in [2.05, 4.69) is 15.8 Å². The molecule has 1 heterocycles. The molecule has 0 saturated carbocycles. The summed E-state index contributed by atoms with van der Waals surface area (Å²) < 4.78 is 11.9. The summed E-state index contributed by atoms with van der Waals surface area (Å²) in [6.45, 7) is 4.08. The molecule has 9 heteroatoms. The fraction of sp³-hybridized carbons (Fsp3) is 0.227. The minimum absolute atomic E-state index is 0.253. The Labute approximate surface area is 189 Å². The lowest BCUT2D eigenvalue weighted by atomic mass is 10.1. The molecule has 2 aromatic carbocycles. The number of thioether (sulfide) groups is 1. The molecule has 31 heavy (non-hydrogen) atoms. The van der Waals surface area contributed by atoms with Crippen molar-refractivity contribution in [3.8, 4) is 11.5 Å². The van der Waals surface area contributed by atoms with E-state index in [-0.39, 0.29) is 6.61 Å². The summed E-state index contributed by atoms with van der Waals surface area (Å²) in [6, 6.07) is 14.3. The quantitative estimate of drug-likeness (QED) is 0.373. The minimum atomic E-state index is -0.480. The molecular formula is C22H23N3O4S2. The molecule has 0 spiro atoms. The number of nitrogens with one attached hydrogen (secondary N) is 2. The second kappa shape index (κ2) is 11.4. The van der Waals surface area contributed by atoms with Gasteiger partial charge in [-0.15, -0.1) is 11.3 Å². The summed E-state index contributed by atoms with van der Waals surface area (Å²) in [5, 5.41) is 2.02. The molecule has 0 aliphatic carbocycles. The molecule has 0 bridgehead atoms. The third-order valence-electron chi connectivity index (χ3n) is 4.00. The molecule has 162 valence electrons. The molecule has 7 nitrogen and oxygen atoms in total. The molecule has 0 aliphatic heterocycles. The molecule has 3 rings (SSSR count). The number of hydrazine groups is 1. The molecule has 2 amide bonds. The van der Waals surface area contributed by atoms with Gasteiger partial charge in [0.2, 0.25) is 0 Å². The number of carbonyl (C=O) groups is 2. The Hall–Kier alpha value is -3.04. The van der Waals surface area contributed by atoms with Gasteiger partial charge in [0, 0.05) is 22.4 Å². The fourth-order valence-electron chi connectivity index (χ4n) is 2.52. The number of thiazole rings is 1. The summed E-state index contributed by atoms with van der Waals surface area (Å²) in [6.07, 6.45) is 0. The first-order valence-electron chi connectivity index (χ1n) is 9.63. The van der Waals surface area contributed by atoms with E-state index < -0.39 is 11.8 Å². The van der Waals surface area contributed by atoms with Gasteiger partial charge < -0.3 is 9.47 Å². The van der Waals surface area contributed by atoms with E-state index >= 15 is 0 Å². The van der Waals surface area contributed by atoms with E-state index in [9.17, 15) is 9.59 Å². The van der Waals surface area contributed by atoms with Crippen molar-refractivity contribution >= 4 is 34.9 Å². The van der Waals surface area contributed by atoms with Crippen LogP contribution in [0.1, 0.15) is 28.5 Å². The fourth-order valence-corrected chi connectivity index (χ4v) is 4.32. The van der Waals surface area contributed by atoms with Gasteiger partial charge in [-0.05, 0) is 43.7 Å². The Morgan fingerprint density at radius 3 is 2.39 bits per heavy atom. The van der Waals surface area contributed by atoms with E-state index in [4.69, 9.17) is 9.47 Å². The first kappa shape index (κ1) is 22.6. The Morgan fingerprint density at radius 1 is 1.03 bits per heavy atom. The molecule has 0 atom stereocenters. The van der Waals surface area contributed by atoms with E-state index in [1.54, 1.807) is 53.4 Å². The third-order valence-corrected chi connectivity index (χ3v) is 6.21. The number of rotatable bonds is 9. The molecule has 0 fully saturated rings. The predicted octanol–water partition coefficient (Wildman–Crippen LogP) is 3.98. The van der Waals surface area contributed by atoms with Crippen molar-refractivity contribution < 1.29 is 19.1 Å². The number of para-hydroxylation sites is 2. The normalized spacial score (nSPS) is 10.4. The van der Waals surface area contributed by atoms with Crippen molar-refractivity contribution in [2.45, 2.75) is 23.9 Å². The number of ether oxygens (including phenoxy) is 2. The van der Waals surface area contributed by atoms with Gasteiger partial charge in [0.05, 0.1) is 6.61 Å². The number of amides is 2. The van der Waals surface area contributed by atoms with Crippen molar-refractivity contribution in [1.29, 1.82) is 0 Å². The highest BCUT2D eigenvalue weighted by Crippen LogP contribution is 2.27. The van der Waals surface area contributed by atoms with Crippen LogP contribution in [0.3, 0.4) is 0 Å². The Kier molecular flexibility index (Phi) is 8.31. The van der Waals surface area contributed by atoms with Gasteiger partial charge in [0.1, 0.15) is 4.34 Å². The van der Waals surface area contributed by atoms with Crippen LogP contribution in [0, 0.1) is 6.92 Å². The second-order valence-electron chi connectivity index (χ2n) is 6.41. The lowest BCUT2D eigenvalue weighted by Crippen LogP contribution is -2.43. The third kappa shape index (κ3) is 7.01. The van der Waals surface area contributed by atoms with Gasteiger partial charge in [0.25, 0.3) is 11.8 Å². The lowest BCUT2D eigenvalue weighted by Gasteiger charge is -2.12. The number of hydrogen-bond acceptors (Lipinski definition) is 7. The lowest BCUT2D eigenvalue weighted by molar-refractivity contribution is -0.123. The number of aromatic nitrogens is 1. The standard InChI is InChI=1S/C22H23N3O4S2/c1-3-28-18-6-4-5-7-19(18)29-12-20(26)24-25-21(27)17-10-8-16(9-11-17)14-31-22-23-15(2)13-30-22/h4-11,13H,3,12,14H2,1-2H3,(H,24,26)(H,25,27). The van der Waals surface area contributed by atoms with E-state index in [1.165, 1.54) is 0 Å². The van der Waals surface area contributed by atoms with Crippen LogP contribution in [0.5, 0.6) is 11.5 Å². The van der Waals surface area contributed by atoms with Crippen LogP contribution in [0.15, 0.2) is 58.3 Å².